The van der Waals surface area contributed by atoms with Crippen molar-refractivity contribution < 1.29 is 14.6 Å². The molecule has 2 rings (SSSR count). The third-order valence-corrected chi connectivity index (χ3v) is 3.39. The maximum absolute atomic E-state index is 10.7. The molecule has 0 saturated carbocycles. The monoisotopic (exact) mass is 252 g/mol. The summed E-state index contributed by atoms with van der Waals surface area (Å²) in [6, 6.07) is 3.18. The Morgan fingerprint density at radius 2 is 2.18 bits per heavy atom. The molecule has 0 aliphatic heterocycles. The number of hydrogen-bond acceptors (Lipinski definition) is 4. The van der Waals surface area contributed by atoms with E-state index in [1.165, 1.54) is 6.07 Å². The van der Waals surface area contributed by atoms with Crippen molar-refractivity contribution in [1.29, 1.82) is 0 Å². The number of aryl methyl sites for hydroxylation is 2. The van der Waals surface area contributed by atoms with Gasteiger partial charge in [0, 0.05) is 7.05 Å². The first-order valence-corrected chi connectivity index (χ1v) is 5.82. The van der Waals surface area contributed by atoms with E-state index in [-0.39, 0.29) is 4.88 Å². The van der Waals surface area contributed by atoms with Crippen LogP contribution >= 0.6 is 11.3 Å². The van der Waals surface area contributed by atoms with Crippen molar-refractivity contribution in [3.05, 3.63) is 28.4 Å². The summed E-state index contributed by atoms with van der Waals surface area (Å²) in [5.74, 6) is -0.254. The van der Waals surface area contributed by atoms with Gasteiger partial charge in [-0.3, -0.25) is 4.68 Å². The molecule has 90 valence electrons. The van der Waals surface area contributed by atoms with E-state index < -0.39 is 5.97 Å². The summed E-state index contributed by atoms with van der Waals surface area (Å²) in [6.45, 7) is 3.76. The van der Waals surface area contributed by atoms with Crippen LogP contribution < -0.4 is 4.74 Å². The third-order valence-electron chi connectivity index (χ3n) is 2.44. The van der Waals surface area contributed by atoms with Gasteiger partial charge in [-0.1, -0.05) is 11.3 Å². The van der Waals surface area contributed by atoms with Gasteiger partial charge in [-0.25, -0.2) is 4.79 Å². The Morgan fingerprint density at radius 1 is 1.47 bits per heavy atom. The summed E-state index contributed by atoms with van der Waals surface area (Å²) in [5, 5.41) is 13.6. The van der Waals surface area contributed by atoms with Crippen molar-refractivity contribution in [3.8, 4) is 10.8 Å². The number of carbonyl (C=O) groups is 1. The zero-order valence-electron chi connectivity index (χ0n) is 9.72. The van der Waals surface area contributed by atoms with Crippen LogP contribution in [0.4, 0.5) is 0 Å². The molecule has 0 aliphatic rings. The summed E-state index contributed by atoms with van der Waals surface area (Å²) in [6.07, 6.45) is 0. The summed E-state index contributed by atoms with van der Waals surface area (Å²) in [4.78, 5) is 11.0. The quantitative estimate of drug-likeness (QED) is 0.911. The Bertz CT molecular complexity index is 571. The number of thiophene rings is 1. The van der Waals surface area contributed by atoms with Gasteiger partial charge >= 0.3 is 5.97 Å². The van der Waals surface area contributed by atoms with E-state index in [1.54, 1.807) is 10.7 Å². The molecule has 6 heteroatoms. The van der Waals surface area contributed by atoms with Crippen molar-refractivity contribution in [1.82, 2.24) is 9.78 Å². The van der Waals surface area contributed by atoms with Crippen LogP contribution in [0.15, 0.2) is 12.1 Å². The minimum absolute atomic E-state index is 0.263. The molecule has 1 N–H and O–H groups in total. The summed E-state index contributed by atoms with van der Waals surface area (Å²) in [7, 11) is 1.84. The average Bonchev–Trinajstić information content (AvgIpc) is 2.80. The molecule has 17 heavy (non-hydrogen) atoms. The van der Waals surface area contributed by atoms with Gasteiger partial charge in [0.1, 0.15) is 10.6 Å². The summed E-state index contributed by atoms with van der Waals surface area (Å²) >= 11 is 1.10. The zero-order chi connectivity index (χ0) is 12.6. The Labute approximate surface area is 102 Å². The minimum atomic E-state index is -0.940. The van der Waals surface area contributed by atoms with Gasteiger partial charge in [-0.05, 0) is 26.0 Å². The van der Waals surface area contributed by atoms with Crippen molar-refractivity contribution in [2.75, 3.05) is 0 Å². The van der Waals surface area contributed by atoms with Crippen molar-refractivity contribution in [3.63, 3.8) is 0 Å². The number of ether oxygens (including phenoxy) is 1. The average molecular weight is 252 g/mol. The number of rotatable bonds is 3. The van der Waals surface area contributed by atoms with Crippen LogP contribution in [0.5, 0.6) is 10.8 Å². The largest absolute Gasteiger partial charge is 0.477 e. The number of carboxylic acid groups (broad SMARTS) is 1. The fourth-order valence-corrected chi connectivity index (χ4v) is 2.19. The van der Waals surface area contributed by atoms with Gasteiger partial charge < -0.3 is 9.84 Å². The first kappa shape index (κ1) is 11.7. The number of carboxylic acids is 1. The Balaban J connectivity index is 2.28. The minimum Gasteiger partial charge on any atom is -0.477 e. The van der Waals surface area contributed by atoms with E-state index in [1.807, 2.05) is 20.9 Å². The first-order valence-electron chi connectivity index (χ1n) is 5.00. The second-order valence-electron chi connectivity index (χ2n) is 3.65. The lowest BCUT2D eigenvalue weighted by molar-refractivity contribution is 0.0702. The first-order chi connectivity index (χ1) is 7.99. The lowest BCUT2D eigenvalue weighted by Gasteiger charge is -2.02. The van der Waals surface area contributed by atoms with Crippen molar-refractivity contribution >= 4 is 17.3 Å². The van der Waals surface area contributed by atoms with Gasteiger partial charge in [0.15, 0.2) is 10.8 Å². The molecule has 0 aliphatic carbocycles. The molecule has 0 unspecified atom stereocenters. The predicted octanol–water partition coefficient (Wildman–Crippen LogP) is 2.59. The number of aromatic nitrogens is 2. The highest BCUT2D eigenvalue weighted by Crippen LogP contribution is 2.32. The van der Waals surface area contributed by atoms with Gasteiger partial charge in [-0.2, -0.15) is 5.10 Å². The molecule has 0 spiro atoms. The molecule has 2 aromatic rings. The van der Waals surface area contributed by atoms with E-state index in [4.69, 9.17) is 9.84 Å². The van der Waals surface area contributed by atoms with Crippen LogP contribution in [0, 0.1) is 13.8 Å². The third kappa shape index (κ3) is 2.16. The smallest absolute Gasteiger partial charge is 0.345 e. The second-order valence-corrected chi connectivity index (χ2v) is 4.70. The number of aromatic carboxylic acids is 1. The molecule has 0 radical (unpaired) electrons. The van der Waals surface area contributed by atoms with Gasteiger partial charge in [-0.15, -0.1) is 0 Å². The van der Waals surface area contributed by atoms with Gasteiger partial charge in [0.25, 0.3) is 0 Å². The van der Waals surface area contributed by atoms with Crippen LogP contribution in [-0.4, -0.2) is 20.9 Å². The Hall–Kier alpha value is -1.82. The molecule has 0 bridgehead atoms. The van der Waals surface area contributed by atoms with Crippen LogP contribution in [0.1, 0.15) is 21.1 Å². The molecule has 0 atom stereocenters. The number of hydrogen-bond donors (Lipinski definition) is 1. The topological polar surface area (TPSA) is 64.4 Å². The van der Waals surface area contributed by atoms with Gasteiger partial charge in [0.2, 0.25) is 0 Å². The van der Waals surface area contributed by atoms with E-state index in [0.717, 1.165) is 22.7 Å². The van der Waals surface area contributed by atoms with Crippen LogP contribution in [0.3, 0.4) is 0 Å². The van der Waals surface area contributed by atoms with E-state index in [2.05, 4.69) is 5.10 Å². The molecule has 0 fully saturated rings. The van der Waals surface area contributed by atoms with Crippen molar-refractivity contribution in [2.45, 2.75) is 13.8 Å². The molecular weight excluding hydrogens is 240 g/mol. The van der Waals surface area contributed by atoms with E-state index in [9.17, 15) is 4.79 Å². The zero-order valence-corrected chi connectivity index (χ0v) is 10.5. The van der Waals surface area contributed by atoms with Crippen molar-refractivity contribution in [2.24, 2.45) is 7.05 Å². The van der Waals surface area contributed by atoms with E-state index in [0.29, 0.717) is 10.8 Å². The molecule has 2 heterocycles. The fourth-order valence-electron chi connectivity index (χ4n) is 1.49. The molecule has 2 aromatic heterocycles. The Morgan fingerprint density at radius 3 is 2.65 bits per heavy atom. The molecular formula is C11H12N2O3S. The van der Waals surface area contributed by atoms with E-state index >= 15 is 0 Å². The highest BCUT2D eigenvalue weighted by molar-refractivity contribution is 7.15. The maximum Gasteiger partial charge on any atom is 0.345 e. The second kappa shape index (κ2) is 4.21. The lowest BCUT2D eigenvalue weighted by Crippen LogP contribution is -1.92. The van der Waals surface area contributed by atoms with Crippen LogP contribution in [-0.2, 0) is 7.05 Å². The standard InChI is InChI=1S/C11H12N2O3S/c1-6-10(7(2)13(3)12-6)16-9-5-4-8(17-9)11(14)15/h4-5H,1-3H3,(H,14,15). The van der Waals surface area contributed by atoms with Crippen LogP contribution in [0.2, 0.25) is 0 Å². The molecule has 0 aromatic carbocycles. The SMILES string of the molecule is Cc1nn(C)c(C)c1Oc1ccc(C(=O)O)s1. The van der Waals surface area contributed by atoms with Gasteiger partial charge in [0.05, 0.1) is 5.69 Å². The molecule has 0 amide bonds. The maximum atomic E-state index is 10.7. The number of nitrogens with zero attached hydrogens (tertiary/aromatic N) is 2. The summed E-state index contributed by atoms with van der Waals surface area (Å²) < 4.78 is 7.40. The molecule has 5 nitrogen and oxygen atoms in total. The fraction of sp³-hybridized carbons (Fsp3) is 0.273. The lowest BCUT2D eigenvalue weighted by atomic mass is 10.3. The highest BCUT2D eigenvalue weighted by Gasteiger charge is 2.14. The summed E-state index contributed by atoms with van der Waals surface area (Å²) in [5.41, 5.74) is 1.70. The van der Waals surface area contributed by atoms with Crippen LogP contribution in [0.25, 0.3) is 0 Å². The normalized spacial score (nSPS) is 10.5. The highest BCUT2D eigenvalue weighted by atomic mass is 32.1. The Kier molecular flexibility index (Phi) is 2.89. The predicted molar refractivity (Wildman–Crippen MR) is 64.0 cm³/mol. The molecule has 0 saturated heterocycles.